The van der Waals surface area contributed by atoms with Crippen molar-refractivity contribution in [1.82, 2.24) is 0 Å². The van der Waals surface area contributed by atoms with Crippen molar-refractivity contribution in [3.8, 4) is 0 Å². The summed E-state index contributed by atoms with van der Waals surface area (Å²) in [5.74, 6) is 0. The summed E-state index contributed by atoms with van der Waals surface area (Å²) in [4.78, 5) is 1.06. The summed E-state index contributed by atoms with van der Waals surface area (Å²) in [7, 11) is 0. The van der Waals surface area contributed by atoms with E-state index in [1.54, 1.807) is 0 Å². The van der Waals surface area contributed by atoms with Crippen LogP contribution >= 0.6 is 12.6 Å². The molecular weight excluding hydrogens is 142 g/mol. The van der Waals surface area contributed by atoms with Crippen molar-refractivity contribution in [1.29, 1.82) is 0 Å². The molecule has 10 heavy (non-hydrogen) atoms. The lowest BCUT2D eigenvalue weighted by Crippen LogP contribution is -1.90. The van der Waals surface area contributed by atoms with Gasteiger partial charge < -0.3 is 5.32 Å². The minimum Gasteiger partial charge on any atom is -0.384 e. The Morgan fingerprint density at radius 3 is 3.20 bits per heavy atom. The number of fused-ring (bicyclic) bond motifs is 1. The monoisotopic (exact) mass is 151 g/mol. The number of thiol groups is 1. The van der Waals surface area contributed by atoms with Crippen LogP contribution in [-0.2, 0) is 6.42 Å². The highest BCUT2D eigenvalue weighted by atomic mass is 32.1. The fourth-order valence-electron chi connectivity index (χ4n) is 1.29. The predicted molar refractivity (Wildman–Crippen MR) is 45.9 cm³/mol. The van der Waals surface area contributed by atoms with E-state index in [0.717, 1.165) is 17.9 Å². The summed E-state index contributed by atoms with van der Waals surface area (Å²) in [6, 6.07) is 6.23. The van der Waals surface area contributed by atoms with Gasteiger partial charge in [0.1, 0.15) is 0 Å². The maximum absolute atomic E-state index is 4.26. The van der Waals surface area contributed by atoms with Crippen LogP contribution in [0.1, 0.15) is 5.56 Å². The average molecular weight is 151 g/mol. The van der Waals surface area contributed by atoms with Gasteiger partial charge in [0.05, 0.1) is 0 Å². The van der Waals surface area contributed by atoms with Crippen molar-refractivity contribution in [2.24, 2.45) is 0 Å². The zero-order chi connectivity index (χ0) is 6.97. The van der Waals surface area contributed by atoms with Gasteiger partial charge in [-0.3, -0.25) is 0 Å². The van der Waals surface area contributed by atoms with Crippen LogP contribution in [0.4, 0.5) is 5.69 Å². The topological polar surface area (TPSA) is 12.0 Å². The molecule has 0 saturated carbocycles. The molecule has 52 valence electrons. The van der Waals surface area contributed by atoms with Gasteiger partial charge in [0, 0.05) is 17.1 Å². The summed E-state index contributed by atoms with van der Waals surface area (Å²) in [5, 5.41) is 3.29. The first kappa shape index (κ1) is 6.10. The molecule has 0 aromatic heterocycles. The Balaban J connectivity index is 2.52. The third-order valence-corrected chi connectivity index (χ3v) is 2.08. The average Bonchev–Trinajstić information content (AvgIpc) is 2.33. The molecule has 0 amide bonds. The molecule has 1 aliphatic rings. The quantitative estimate of drug-likeness (QED) is 0.540. The Hall–Kier alpha value is -0.630. The summed E-state index contributed by atoms with van der Waals surface area (Å²) in [5.41, 5.74) is 2.67. The molecule has 1 aromatic rings. The van der Waals surface area contributed by atoms with Gasteiger partial charge in [0.2, 0.25) is 0 Å². The Kier molecular flexibility index (Phi) is 1.34. The van der Waals surface area contributed by atoms with Gasteiger partial charge in [0.25, 0.3) is 0 Å². The molecule has 0 atom stereocenters. The van der Waals surface area contributed by atoms with E-state index in [-0.39, 0.29) is 0 Å². The lowest BCUT2D eigenvalue weighted by Gasteiger charge is -1.98. The SMILES string of the molecule is Sc1ccc2c(c1)CCN2. The first-order valence-corrected chi connectivity index (χ1v) is 3.87. The smallest absolute Gasteiger partial charge is 0.0374 e. The van der Waals surface area contributed by atoms with E-state index in [1.165, 1.54) is 11.3 Å². The normalized spacial score (nSPS) is 14.5. The van der Waals surface area contributed by atoms with Crippen LogP contribution in [0.3, 0.4) is 0 Å². The van der Waals surface area contributed by atoms with Crippen molar-refractivity contribution in [2.45, 2.75) is 11.3 Å². The fraction of sp³-hybridized carbons (Fsp3) is 0.250. The molecule has 0 unspecified atom stereocenters. The molecule has 1 aromatic carbocycles. The number of hydrogen-bond donors (Lipinski definition) is 2. The second-order valence-electron chi connectivity index (χ2n) is 2.52. The van der Waals surface area contributed by atoms with Crippen molar-refractivity contribution < 1.29 is 0 Å². The van der Waals surface area contributed by atoms with E-state index in [4.69, 9.17) is 0 Å². The molecule has 1 N–H and O–H groups in total. The van der Waals surface area contributed by atoms with E-state index in [9.17, 15) is 0 Å². The van der Waals surface area contributed by atoms with Crippen molar-refractivity contribution in [3.05, 3.63) is 23.8 Å². The molecule has 0 bridgehead atoms. The summed E-state index contributed by atoms with van der Waals surface area (Å²) < 4.78 is 0. The molecule has 2 heteroatoms. The maximum atomic E-state index is 4.26. The minimum absolute atomic E-state index is 1.06. The Labute approximate surface area is 65.9 Å². The standard InChI is InChI=1S/C8H9NS/c10-7-1-2-8-6(5-7)3-4-9-8/h1-2,5,9-10H,3-4H2. The molecule has 1 heterocycles. The van der Waals surface area contributed by atoms with Crippen LogP contribution in [0, 0.1) is 0 Å². The van der Waals surface area contributed by atoms with Crippen molar-refractivity contribution in [2.75, 3.05) is 11.9 Å². The zero-order valence-corrected chi connectivity index (χ0v) is 6.49. The lowest BCUT2D eigenvalue weighted by molar-refractivity contribution is 1.10. The van der Waals surface area contributed by atoms with E-state index in [2.05, 4.69) is 30.1 Å². The summed E-state index contributed by atoms with van der Waals surface area (Å²) in [6.07, 6.45) is 1.14. The van der Waals surface area contributed by atoms with Crippen LogP contribution in [0.15, 0.2) is 23.1 Å². The second kappa shape index (κ2) is 2.20. The number of benzene rings is 1. The van der Waals surface area contributed by atoms with Crippen LogP contribution < -0.4 is 5.32 Å². The molecule has 0 saturated heterocycles. The molecule has 2 rings (SSSR count). The predicted octanol–water partition coefficient (Wildman–Crippen LogP) is 1.94. The Morgan fingerprint density at radius 1 is 1.40 bits per heavy atom. The number of anilines is 1. The minimum atomic E-state index is 1.06. The van der Waals surface area contributed by atoms with Crippen LogP contribution in [0.5, 0.6) is 0 Å². The number of rotatable bonds is 0. The van der Waals surface area contributed by atoms with Crippen LogP contribution in [-0.4, -0.2) is 6.54 Å². The first-order chi connectivity index (χ1) is 4.86. The molecule has 1 aliphatic heterocycles. The Bertz CT molecular complexity index is 257. The van der Waals surface area contributed by atoms with E-state index in [1.807, 2.05) is 6.07 Å². The van der Waals surface area contributed by atoms with E-state index in [0.29, 0.717) is 0 Å². The molecule has 0 fully saturated rings. The van der Waals surface area contributed by atoms with E-state index < -0.39 is 0 Å². The zero-order valence-electron chi connectivity index (χ0n) is 5.59. The van der Waals surface area contributed by atoms with E-state index >= 15 is 0 Å². The van der Waals surface area contributed by atoms with Crippen molar-refractivity contribution >= 4 is 18.3 Å². The van der Waals surface area contributed by atoms with Crippen molar-refractivity contribution in [3.63, 3.8) is 0 Å². The highest BCUT2D eigenvalue weighted by Gasteiger charge is 2.07. The second-order valence-corrected chi connectivity index (χ2v) is 3.03. The van der Waals surface area contributed by atoms with Crippen LogP contribution in [0.2, 0.25) is 0 Å². The molecule has 1 nitrogen and oxygen atoms in total. The third kappa shape index (κ3) is 0.886. The first-order valence-electron chi connectivity index (χ1n) is 3.42. The Morgan fingerprint density at radius 2 is 2.30 bits per heavy atom. The summed E-state index contributed by atoms with van der Waals surface area (Å²) in [6.45, 7) is 1.08. The van der Waals surface area contributed by atoms with Gasteiger partial charge in [0.15, 0.2) is 0 Å². The molecular formula is C8H9NS. The highest BCUT2D eigenvalue weighted by molar-refractivity contribution is 7.80. The third-order valence-electron chi connectivity index (χ3n) is 1.80. The molecule has 0 spiro atoms. The number of nitrogens with one attached hydrogen (secondary N) is 1. The maximum Gasteiger partial charge on any atom is 0.0374 e. The van der Waals surface area contributed by atoms with Gasteiger partial charge in [-0.25, -0.2) is 0 Å². The molecule has 0 aliphatic carbocycles. The van der Waals surface area contributed by atoms with Gasteiger partial charge in [-0.2, -0.15) is 0 Å². The fourth-order valence-corrected chi connectivity index (χ4v) is 1.52. The van der Waals surface area contributed by atoms with Gasteiger partial charge in [-0.05, 0) is 30.2 Å². The summed E-state index contributed by atoms with van der Waals surface area (Å²) >= 11 is 4.26. The molecule has 0 radical (unpaired) electrons. The lowest BCUT2D eigenvalue weighted by atomic mass is 10.2. The number of hydrogen-bond acceptors (Lipinski definition) is 2. The highest BCUT2D eigenvalue weighted by Crippen LogP contribution is 2.23. The van der Waals surface area contributed by atoms with Gasteiger partial charge in [-0.15, -0.1) is 12.6 Å². The van der Waals surface area contributed by atoms with Crippen LogP contribution in [0.25, 0.3) is 0 Å². The van der Waals surface area contributed by atoms with Gasteiger partial charge >= 0.3 is 0 Å². The van der Waals surface area contributed by atoms with Gasteiger partial charge in [-0.1, -0.05) is 0 Å². The largest absolute Gasteiger partial charge is 0.384 e.